The summed E-state index contributed by atoms with van der Waals surface area (Å²) in [6, 6.07) is 4.26. The Morgan fingerprint density at radius 1 is 1.38 bits per heavy atom. The zero-order valence-electron chi connectivity index (χ0n) is 8.37. The second-order valence-corrected chi connectivity index (χ2v) is 4.34. The topological polar surface area (TPSA) is 93.6 Å². The average Bonchev–Trinajstić information content (AvgIpc) is 2.70. The summed E-state index contributed by atoms with van der Waals surface area (Å²) >= 11 is 0. The summed E-state index contributed by atoms with van der Waals surface area (Å²) < 4.78 is 33.6. The minimum atomic E-state index is -4.11. The number of hydrogen-bond donors (Lipinski definition) is 1. The number of aromatic nitrogens is 1. The first-order valence-corrected chi connectivity index (χ1v) is 5.98. The van der Waals surface area contributed by atoms with Crippen molar-refractivity contribution in [1.29, 1.82) is 0 Å². The molecule has 6 nitrogen and oxygen atoms in total. The lowest BCUT2D eigenvalue weighted by atomic mass is 10.4. The smallest absolute Gasteiger partial charge is 0.312 e. The number of nitrogens with zero attached hydrogens (tertiary/aromatic N) is 1. The van der Waals surface area contributed by atoms with Crippen molar-refractivity contribution in [2.24, 2.45) is 0 Å². The van der Waals surface area contributed by atoms with Gasteiger partial charge in [-0.25, -0.2) is 4.98 Å². The third kappa shape index (κ3) is 4.37. The lowest BCUT2D eigenvalue weighted by Gasteiger charge is -1.91. The first-order valence-electron chi connectivity index (χ1n) is 4.54. The Balaban J connectivity index is 0.000000181. The number of hydrogen-bond acceptors (Lipinski definition) is 5. The van der Waals surface area contributed by atoms with Gasteiger partial charge in [-0.15, -0.1) is 0 Å². The van der Waals surface area contributed by atoms with E-state index < -0.39 is 10.1 Å². The van der Waals surface area contributed by atoms with E-state index in [4.69, 9.17) is 4.55 Å². The molecule has 2 heterocycles. The molecule has 1 N–H and O–H groups in total. The van der Waals surface area contributed by atoms with Gasteiger partial charge in [-0.05, 0) is 18.6 Å². The van der Waals surface area contributed by atoms with Gasteiger partial charge in [0.15, 0.2) is 5.03 Å². The van der Waals surface area contributed by atoms with E-state index in [1.54, 1.807) is 6.07 Å². The molecule has 1 aliphatic heterocycles. The molecule has 0 unspecified atom stereocenters. The van der Waals surface area contributed by atoms with Gasteiger partial charge in [-0.3, -0.25) is 9.35 Å². The Bertz CT molecular complexity index is 434. The fourth-order valence-corrected chi connectivity index (χ4v) is 1.42. The summed E-state index contributed by atoms with van der Waals surface area (Å²) in [7, 11) is -4.11. The van der Waals surface area contributed by atoms with E-state index in [-0.39, 0.29) is 11.0 Å². The van der Waals surface area contributed by atoms with Crippen molar-refractivity contribution in [3.8, 4) is 0 Å². The lowest BCUT2D eigenvalue weighted by molar-refractivity contribution is -0.137. The van der Waals surface area contributed by atoms with Crippen molar-refractivity contribution >= 4 is 16.1 Å². The van der Waals surface area contributed by atoms with Gasteiger partial charge < -0.3 is 4.74 Å². The van der Waals surface area contributed by atoms with Crippen LogP contribution in [0.15, 0.2) is 29.4 Å². The fraction of sp³-hybridized carbons (Fsp3) is 0.333. The molecule has 0 bridgehead atoms. The second kappa shape index (κ2) is 5.57. The van der Waals surface area contributed by atoms with Gasteiger partial charge in [0.05, 0.1) is 6.61 Å². The number of ether oxygens (including phenoxy) is 1. The maximum atomic E-state index is 10.3. The number of carbonyl (C=O) groups excluding carboxylic acids is 1. The molecule has 88 valence electrons. The van der Waals surface area contributed by atoms with Crippen molar-refractivity contribution < 1.29 is 22.5 Å². The molecule has 1 aromatic heterocycles. The van der Waals surface area contributed by atoms with Gasteiger partial charge in [-0.2, -0.15) is 8.42 Å². The van der Waals surface area contributed by atoms with E-state index in [1.165, 1.54) is 18.3 Å². The van der Waals surface area contributed by atoms with Crippen LogP contribution in [0.2, 0.25) is 0 Å². The van der Waals surface area contributed by atoms with Crippen LogP contribution in [0.1, 0.15) is 12.8 Å². The Labute approximate surface area is 93.0 Å². The van der Waals surface area contributed by atoms with Crippen molar-refractivity contribution in [2.75, 3.05) is 6.61 Å². The van der Waals surface area contributed by atoms with E-state index in [1.807, 2.05) is 0 Å². The molecular formula is C9H11NO5S. The molecule has 0 amide bonds. The minimum Gasteiger partial charge on any atom is -0.466 e. The summed E-state index contributed by atoms with van der Waals surface area (Å²) in [5.74, 6) is -0.0463. The van der Waals surface area contributed by atoms with Crippen molar-refractivity contribution in [3.05, 3.63) is 24.4 Å². The molecule has 1 aromatic rings. The Morgan fingerprint density at radius 2 is 2.12 bits per heavy atom. The SMILES string of the molecule is O=C1CCCO1.O=S(=O)(O)c1ccccn1. The monoisotopic (exact) mass is 245 g/mol. The predicted molar refractivity (Wildman–Crippen MR) is 54.2 cm³/mol. The normalized spacial score (nSPS) is 14.9. The molecule has 2 rings (SSSR count). The lowest BCUT2D eigenvalue weighted by Crippen LogP contribution is -1.99. The molecule has 0 spiro atoms. The van der Waals surface area contributed by atoms with E-state index >= 15 is 0 Å². The van der Waals surface area contributed by atoms with E-state index in [9.17, 15) is 13.2 Å². The average molecular weight is 245 g/mol. The van der Waals surface area contributed by atoms with Crippen molar-refractivity contribution in [1.82, 2.24) is 4.98 Å². The summed E-state index contributed by atoms with van der Waals surface area (Å²) in [4.78, 5) is 13.4. The highest BCUT2D eigenvalue weighted by atomic mass is 32.2. The fourth-order valence-electron chi connectivity index (χ4n) is 0.974. The molecule has 1 fully saturated rings. The molecular weight excluding hydrogens is 234 g/mol. The predicted octanol–water partition coefficient (Wildman–Crippen LogP) is 0.652. The molecule has 7 heteroatoms. The standard InChI is InChI=1S/C5H5NO3S.C4H6O2/c7-10(8,9)5-3-1-2-4-6-5;5-4-2-1-3-6-4/h1-4H,(H,7,8,9);1-3H2. The van der Waals surface area contributed by atoms with E-state index in [0.717, 1.165) is 6.42 Å². The van der Waals surface area contributed by atoms with E-state index in [0.29, 0.717) is 13.0 Å². The molecule has 0 saturated carbocycles. The molecule has 0 atom stereocenters. The summed E-state index contributed by atoms with van der Waals surface area (Å²) in [6.07, 6.45) is 2.84. The number of rotatable bonds is 1. The first-order chi connectivity index (χ1) is 7.50. The number of carbonyl (C=O) groups is 1. The second-order valence-electron chi connectivity index (χ2n) is 2.97. The third-order valence-corrected chi connectivity index (χ3v) is 2.46. The van der Waals surface area contributed by atoms with Gasteiger partial charge in [0, 0.05) is 12.6 Å². The minimum absolute atomic E-state index is 0.0463. The van der Waals surface area contributed by atoms with Crippen LogP contribution in [0.5, 0.6) is 0 Å². The van der Waals surface area contributed by atoms with Gasteiger partial charge >= 0.3 is 16.1 Å². The highest BCUT2D eigenvalue weighted by molar-refractivity contribution is 7.85. The van der Waals surface area contributed by atoms with Crippen LogP contribution in [-0.4, -0.2) is 30.5 Å². The van der Waals surface area contributed by atoms with Crippen LogP contribution in [0.25, 0.3) is 0 Å². The van der Waals surface area contributed by atoms with Crippen LogP contribution in [0, 0.1) is 0 Å². The van der Waals surface area contributed by atoms with Crippen LogP contribution >= 0.6 is 0 Å². The van der Waals surface area contributed by atoms with Crippen LogP contribution in [0.3, 0.4) is 0 Å². The molecule has 0 aromatic carbocycles. The van der Waals surface area contributed by atoms with Gasteiger partial charge in [0.25, 0.3) is 0 Å². The molecule has 16 heavy (non-hydrogen) atoms. The van der Waals surface area contributed by atoms with Crippen LogP contribution < -0.4 is 0 Å². The van der Waals surface area contributed by atoms with Crippen LogP contribution in [0.4, 0.5) is 0 Å². The number of esters is 1. The summed E-state index contributed by atoms with van der Waals surface area (Å²) in [5.41, 5.74) is 0. The Hall–Kier alpha value is -1.47. The number of pyridine rings is 1. The maximum absolute atomic E-state index is 10.3. The van der Waals surface area contributed by atoms with Crippen molar-refractivity contribution in [2.45, 2.75) is 17.9 Å². The molecule has 1 aliphatic rings. The third-order valence-electron chi connectivity index (χ3n) is 1.69. The summed E-state index contributed by atoms with van der Waals surface area (Å²) in [6.45, 7) is 0.638. The highest BCUT2D eigenvalue weighted by Gasteiger charge is 2.08. The Kier molecular flexibility index (Phi) is 4.39. The Morgan fingerprint density at radius 3 is 2.38 bits per heavy atom. The van der Waals surface area contributed by atoms with Gasteiger partial charge in [-0.1, -0.05) is 6.07 Å². The molecule has 1 saturated heterocycles. The van der Waals surface area contributed by atoms with Crippen molar-refractivity contribution in [3.63, 3.8) is 0 Å². The van der Waals surface area contributed by atoms with Crippen LogP contribution in [-0.2, 0) is 19.6 Å². The maximum Gasteiger partial charge on any atom is 0.312 e. The van der Waals surface area contributed by atoms with Gasteiger partial charge in [0.1, 0.15) is 0 Å². The highest BCUT2D eigenvalue weighted by Crippen LogP contribution is 2.01. The summed E-state index contributed by atoms with van der Waals surface area (Å²) in [5, 5.41) is -0.324. The zero-order valence-corrected chi connectivity index (χ0v) is 9.18. The largest absolute Gasteiger partial charge is 0.466 e. The van der Waals surface area contributed by atoms with E-state index in [2.05, 4.69) is 9.72 Å². The zero-order chi connectivity index (χ0) is 12.0. The molecule has 0 radical (unpaired) electrons. The first kappa shape index (κ1) is 12.6. The molecule has 0 aliphatic carbocycles. The van der Waals surface area contributed by atoms with Gasteiger partial charge in [0.2, 0.25) is 0 Å². The quantitative estimate of drug-likeness (QED) is 0.576. The number of cyclic esters (lactones) is 1.